The van der Waals surface area contributed by atoms with Crippen LogP contribution in [-0.4, -0.2) is 25.2 Å². The van der Waals surface area contributed by atoms with E-state index in [0.29, 0.717) is 5.92 Å². The zero-order valence-electron chi connectivity index (χ0n) is 11.0. The van der Waals surface area contributed by atoms with E-state index in [2.05, 4.69) is 26.1 Å². The molecule has 1 rings (SSSR count). The van der Waals surface area contributed by atoms with E-state index in [1.807, 2.05) is 6.92 Å². The van der Waals surface area contributed by atoms with Crippen molar-refractivity contribution in [3.63, 3.8) is 0 Å². The highest BCUT2D eigenvalue weighted by Gasteiger charge is 2.40. The van der Waals surface area contributed by atoms with E-state index < -0.39 is 0 Å². The van der Waals surface area contributed by atoms with Crippen LogP contribution >= 0.6 is 0 Å². The molecule has 0 aromatic heterocycles. The molecule has 0 aromatic carbocycles. The molecule has 0 aromatic rings. The van der Waals surface area contributed by atoms with Gasteiger partial charge in [-0.1, -0.05) is 20.8 Å². The van der Waals surface area contributed by atoms with Crippen LogP contribution in [-0.2, 0) is 9.53 Å². The predicted octanol–water partition coefficient (Wildman–Crippen LogP) is 2.35. The first-order chi connectivity index (χ1) is 7.52. The SMILES string of the molecule is CCC1(C(=O)OC(C)C(C)C)CCCNC1. The van der Waals surface area contributed by atoms with Crippen LogP contribution in [0.5, 0.6) is 0 Å². The lowest BCUT2D eigenvalue weighted by Gasteiger charge is -2.35. The number of rotatable bonds is 4. The van der Waals surface area contributed by atoms with Gasteiger partial charge in [0.1, 0.15) is 6.10 Å². The summed E-state index contributed by atoms with van der Waals surface area (Å²) in [6, 6.07) is 0. The van der Waals surface area contributed by atoms with Gasteiger partial charge in [0.15, 0.2) is 0 Å². The molecule has 94 valence electrons. The lowest BCUT2D eigenvalue weighted by atomic mass is 9.78. The van der Waals surface area contributed by atoms with Crippen molar-refractivity contribution in [1.82, 2.24) is 5.32 Å². The first kappa shape index (κ1) is 13.5. The van der Waals surface area contributed by atoms with Gasteiger partial charge >= 0.3 is 5.97 Å². The van der Waals surface area contributed by atoms with Crippen LogP contribution in [0.2, 0.25) is 0 Å². The largest absolute Gasteiger partial charge is 0.462 e. The van der Waals surface area contributed by atoms with Gasteiger partial charge in [0.05, 0.1) is 5.41 Å². The average molecular weight is 227 g/mol. The van der Waals surface area contributed by atoms with Gasteiger partial charge in [-0.15, -0.1) is 0 Å². The third kappa shape index (κ3) is 2.97. The van der Waals surface area contributed by atoms with Gasteiger partial charge in [-0.05, 0) is 38.6 Å². The molecule has 0 saturated carbocycles. The first-order valence-corrected chi connectivity index (χ1v) is 6.43. The number of piperidine rings is 1. The van der Waals surface area contributed by atoms with Crippen molar-refractivity contribution < 1.29 is 9.53 Å². The number of nitrogens with one attached hydrogen (secondary N) is 1. The van der Waals surface area contributed by atoms with Gasteiger partial charge in [-0.2, -0.15) is 0 Å². The monoisotopic (exact) mass is 227 g/mol. The van der Waals surface area contributed by atoms with Gasteiger partial charge in [0.25, 0.3) is 0 Å². The van der Waals surface area contributed by atoms with Crippen molar-refractivity contribution in [2.45, 2.75) is 53.1 Å². The van der Waals surface area contributed by atoms with Gasteiger partial charge in [0.2, 0.25) is 0 Å². The molecule has 3 heteroatoms. The number of carbonyl (C=O) groups is 1. The number of esters is 1. The summed E-state index contributed by atoms with van der Waals surface area (Å²) in [7, 11) is 0. The standard InChI is InChI=1S/C13H25NO2/c1-5-13(7-6-8-14-9-13)12(15)16-11(4)10(2)3/h10-11,14H,5-9H2,1-4H3. The molecule has 1 N–H and O–H groups in total. The van der Waals surface area contributed by atoms with Crippen LogP contribution < -0.4 is 5.32 Å². The molecule has 0 spiro atoms. The van der Waals surface area contributed by atoms with E-state index in [1.54, 1.807) is 0 Å². The molecule has 1 saturated heterocycles. The first-order valence-electron chi connectivity index (χ1n) is 6.43. The molecule has 2 unspecified atom stereocenters. The van der Waals surface area contributed by atoms with Crippen molar-refractivity contribution >= 4 is 5.97 Å². The molecule has 16 heavy (non-hydrogen) atoms. The maximum absolute atomic E-state index is 12.2. The third-order valence-corrected chi connectivity index (χ3v) is 3.81. The van der Waals surface area contributed by atoms with Crippen LogP contribution in [0.25, 0.3) is 0 Å². The zero-order valence-corrected chi connectivity index (χ0v) is 11.0. The third-order valence-electron chi connectivity index (χ3n) is 3.81. The van der Waals surface area contributed by atoms with Crippen LogP contribution in [0.3, 0.4) is 0 Å². The van der Waals surface area contributed by atoms with Crippen molar-refractivity contribution in [1.29, 1.82) is 0 Å². The van der Waals surface area contributed by atoms with Gasteiger partial charge in [0, 0.05) is 6.54 Å². The Labute approximate surface area is 98.9 Å². The molecule has 2 atom stereocenters. The molecule has 3 nitrogen and oxygen atoms in total. The zero-order chi connectivity index (χ0) is 12.2. The molecule has 0 bridgehead atoms. The van der Waals surface area contributed by atoms with Gasteiger partial charge in [-0.3, -0.25) is 4.79 Å². The van der Waals surface area contributed by atoms with E-state index in [-0.39, 0.29) is 17.5 Å². The average Bonchev–Trinajstić information content (AvgIpc) is 2.29. The Balaban J connectivity index is 2.61. The van der Waals surface area contributed by atoms with Crippen molar-refractivity contribution in [3.8, 4) is 0 Å². The maximum Gasteiger partial charge on any atom is 0.313 e. The number of carbonyl (C=O) groups excluding carboxylic acids is 1. The Morgan fingerprint density at radius 2 is 2.12 bits per heavy atom. The predicted molar refractivity (Wildman–Crippen MR) is 65.2 cm³/mol. The lowest BCUT2D eigenvalue weighted by molar-refractivity contribution is -0.164. The van der Waals surface area contributed by atoms with E-state index in [1.165, 1.54) is 0 Å². The van der Waals surface area contributed by atoms with E-state index in [0.717, 1.165) is 32.4 Å². The Kier molecular flexibility index (Phi) is 4.78. The van der Waals surface area contributed by atoms with Crippen molar-refractivity contribution in [2.75, 3.05) is 13.1 Å². The van der Waals surface area contributed by atoms with Crippen molar-refractivity contribution in [3.05, 3.63) is 0 Å². The summed E-state index contributed by atoms with van der Waals surface area (Å²) in [6.07, 6.45) is 2.90. The Hall–Kier alpha value is -0.570. The summed E-state index contributed by atoms with van der Waals surface area (Å²) in [4.78, 5) is 12.2. The molecule has 1 aliphatic heterocycles. The smallest absolute Gasteiger partial charge is 0.313 e. The van der Waals surface area contributed by atoms with Crippen LogP contribution in [0, 0.1) is 11.3 Å². The molecule has 1 aliphatic rings. The summed E-state index contributed by atoms with van der Waals surface area (Å²) in [5.41, 5.74) is -0.276. The normalized spacial score (nSPS) is 27.8. The molecule has 0 radical (unpaired) electrons. The highest BCUT2D eigenvalue weighted by Crippen LogP contribution is 2.32. The second-order valence-corrected chi connectivity index (χ2v) is 5.27. The van der Waals surface area contributed by atoms with E-state index >= 15 is 0 Å². The fourth-order valence-corrected chi connectivity index (χ4v) is 2.02. The van der Waals surface area contributed by atoms with E-state index in [4.69, 9.17) is 4.74 Å². The molecular weight excluding hydrogens is 202 g/mol. The highest BCUT2D eigenvalue weighted by molar-refractivity contribution is 5.77. The summed E-state index contributed by atoms with van der Waals surface area (Å²) >= 11 is 0. The minimum atomic E-state index is -0.276. The second kappa shape index (κ2) is 5.67. The molecular formula is C13H25NO2. The number of hydrogen-bond acceptors (Lipinski definition) is 3. The molecule has 1 heterocycles. The Bertz CT molecular complexity index is 232. The Morgan fingerprint density at radius 1 is 1.44 bits per heavy atom. The van der Waals surface area contributed by atoms with Gasteiger partial charge < -0.3 is 10.1 Å². The lowest BCUT2D eigenvalue weighted by Crippen LogP contribution is -2.47. The van der Waals surface area contributed by atoms with Crippen molar-refractivity contribution in [2.24, 2.45) is 11.3 Å². The Morgan fingerprint density at radius 3 is 2.56 bits per heavy atom. The summed E-state index contributed by atoms with van der Waals surface area (Å²) in [5, 5.41) is 3.31. The maximum atomic E-state index is 12.2. The van der Waals surface area contributed by atoms with Gasteiger partial charge in [-0.25, -0.2) is 0 Å². The van der Waals surface area contributed by atoms with Crippen LogP contribution in [0.4, 0.5) is 0 Å². The minimum Gasteiger partial charge on any atom is -0.462 e. The van der Waals surface area contributed by atoms with Crippen LogP contribution in [0.1, 0.15) is 47.0 Å². The quantitative estimate of drug-likeness (QED) is 0.749. The minimum absolute atomic E-state index is 0.0107. The topological polar surface area (TPSA) is 38.3 Å². The molecule has 1 fully saturated rings. The summed E-state index contributed by atoms with van der Waals surface area (Å²) in [6.45, 7) is 10.0. The molecule has 0 aliphatic carbocycles. The fraction of sp³-hybridized carbons (Fsp3) is 0.923. The highest BCUT2D eigenvalue weighted by atomic mass is 16.5. The molecule has 0 amide bonds. The number of ether oxygens (including phenoxy) is 1. The fourth-order valence-electron chi connectivity index (χ4n) is 2.02. The summed E-state index contributed by atoms with van der Waals surface area (Å²) in [5.74, 6) is 0.373. The summed E-state index contributed by atoms with van der Waals surface area (Å²) < 4.78 is 5.57. The second-order valence-electron chi connectivity index (χ2n) is 5.27. The van der Waals surface area contributed by atoms with Crippen LogP contribution in [0.15, 0.2) is 0 Å². The number of hydrogen-bond donors (Lipinski definition) is 1. The van der Waals surface area contributed by atoms with E-state index in [9.17, 15) is 4.79 Å².